The molecule has 2 N–H and O–H groups in total. The summed E-state index contributed by atoms with van der Waals surface area (Å²) in [5.74, 6) is -0.729. The van der Waals surface area contributed by atoms with Crippen molar-refractivity contribution < 1.29 is 14.3 Å². The first-order valence-electron chi connectivity index (χ1n) is 5.95. The van der Waals surface area contributed by atoms with Crippen molar-refractivity contribution in [1.29, 1.82) is 5.26 Å². The molecule has 102 valence electrons. The van der Waals surface area contributed by atoms with Crippen LogP contribution in [0.2, 0.25) is 0 Å². The topological polar surface area (TPSA) is 99.1 Å². The molecule has 0 amide bonds. The molecule has 0 fully saturated rings. The molecule has 0 spiro atoms. The van der Waals surface area contributed by atoms with Gasteiger partial charge in [0.25, 0.3) is 0 Å². The third kappa shape index (κ3) is 2.78. The van der Waals surface area contributed by atoms with E-state index >= 15 is 0 Å². The molecular weight excluding hydrogens is 258 g/mol. The number of nitrogens with zero attached hydrogens (tertiary/aromatic N) is 2. The van der Waals surface area contributed by atoms with Gasteiger partial charge in [-0.1, -0.05) is 0 Å². The summed E-state index contributed by atoms with van der Waals surface area (Å²) in [6.07, 6.45) is 0. The van der Waals surface area contributed by atoms with Crippen molar-refractivity contribution in [3.63, 3.8) is 0 Å². The lowest BCUT2D eigenvalue weighted by molar-refractivity contribution is 0.0660. The van der Waals surface area contributed by atoms with E-state index in [1.54, 1.807) is 19.1 Å². The second-order valence-corrected chi connectivity index (χ2v) is 4.31. The number of aryl methyl sites for hydroxylation is 2. The van der Waals surface area contributed by atoms with Crippen LogP contribution in [0.25, 0.3) is 0 Å². The zero-order valence-corrected chi connectivity index (χ0v) is 11.1. The van der Waals surface area contributed by atoms with Crippen LogP contribution in [0.5, 0.6) is 0 Å². The molecule has 0 aliphatic heterocycles. The summed E-state index contributed by atoms with van der Waals surface area (Å²) in [7, 11) is 0. The average molecular weight is 271 g/mol. The van der Waals surface area contributed by atoms with E-state index in [0.717, 1.165) is 5.69 Å². The lowest BCUT2D eigenvalue weighted by Crippen LogP contribution is -2.04. The van der Waals surface area contributed by atoms with Gasteiger partial charge < -0.3 is 14.8 Å². The Labute approximate surface area is 115 Å². The fourth-order valence-electron chi connectivity index (χ4n) is 1.88. The van der Waals surface area contributed by atoms with Crippen LogP contribution in [-0.4, -0.2) is 16.1 Å². The number of pyridine rings is 1. The van der Waals surface area contributed by atoms with E-state index in [0.29, 0.717) is 29.2 Å². The van der Waals surface area contributed by atoms with Gasteiger partial charge >= 0.3 is 5.97 Å². The largest absolute Gasteiger partial charge is 0.475 e. The van der Waals surface area contributed by atoms with Crippen LogP contribution in [0.4, 0.5) is 5.69 Å². The molecule has 2 aromatic heterocycles. The monoisotopic (exact) mass is 271 g/mol. The molecule has 2 rings (SSSR count). The minimum atomic E-state index is -1.11. The fourth-order valence-corrected chi connectivity index (χ4v) is 1.88. The van der Waals surface area contributed by atoms with Crippen molar-refractivity contribution in [1.82, 2.24) is 4.98 Å². The SMILES string of the molecule is Cc1cc(NCc2ccc(C(=O)O)o2)c(C#N)c(C)n1. The van der Waals surface area contributed by atoms with Gasteiger partial charge in [-0.2, -0.15) is 5.26 Å². The van der Waals surface area contributed by atoms with E-state index in [9.17, 15) is 4.79 Å². The van der Waals surface area contributed by atoms with E-state index in [-0.39, 0.29) is 5.76 Å². The van der Waals surface area contributed by atoms with Crippen molar-refractivity contribution >= 4 is 11.7 Å². The van der Waals surface area contributed by atoms with Gasteiger partial charge in [-0.05, 0) is 32.0 Å². The molecule has 0 bridgehead atoms. The van der Waals surface area contributed by atoms with Crippen LogP contribution in [0.15, 0.2) is 22.6 Å². The number of hydrogen-bond acceptors (Lipinski definition) is 5. The Hall–Kier alpha value is -2.81. The first-order valence-corrected chi connectivity index (χ1v) is 5.95. The highest BCUT2D eigenvalue weighted by molar-refractivity contribution is 5.84. The first kappa shape index (κ1) is 13.6. The van der Waals surface area contributed by atoms with Crippen molar-refractivity contribution in [3.05, 3.63) is 46.7 Å². The number of furan rings is 1. The molecule has 2 aromatic rings. The quantitative estimate of drug-likeness (QED) is 0.886. The second-order valence-electron chi connectivity index (χ2n) is 4.31. The summed E-state index contributed by atoms with van der Waals surface area (Å²) in [5, 5.41) is 21.0. The van der Waals surface area contributed by atoms with Crippen molar-refractivity contribution in [2.75, 3.05) is 5.32 Å². The minimum Gasteiger partial charge on any atom is -0.475 e. The molecule has 0 saturated heterocycles. The number of nitriles is 1. The lowest BCUT2D eigenvalue weighted by Gasteiger charge is -2.09. The Balaban J connectivity index is 2.18. The van der Waals surface area contributed by atoms with Crippen LogP contribution in [-0.2, 0) is 6.54 Å². The third-order valence-corrected chi connectivity index (χ3v) is 2.77. The molecule has 2 heterocycles. The molecular formula is C14H13N3O3. The van der Waals surface area contributed by atoms with Crippen LogP contribution in [0.1, 0.15) is 33.3 Å². The Kier molecular flexibility index (Phi) is 3.71. The molecule has 0 unspecified atom stereocenters. The summed E-state index contributed by atoms with van der Waals surface area (Å²) in [6, 6.07) is 6.85. The van der Waals surface area contributed by atoms with Gasteiger partial charge in [-0.25, -0.2) is 4.79 Å². The molecule has 6 heteroatoms. The van der Waals surface area contributed by atoms with Crippen LogP contribution < -0.4 is 5.32 Å². The molecule has 0 aromatic carbocycles. The standard InChI is InChI=1S/C14H13N3O3/c1-8-5-12(11(6-15)9(2)17-8)16-7-10-3-4-13(20-10)14(18)19/h3-5H,7H2,1-2H3,(H,16,17)(H,18,19). The number of aromatic nitrogens is 1. The molecule has 6 nitrogen and oxygen atoms in total. The number of nitrogens with one attached hydrogen (secondary N) is 1. The predicted octanol–water partition coefficient (Wildman–Crippen LogP) is 2.47. The summed E-state index contributed by atoms with van der Waals surface area (Å²) >= 11 is 0. The van der Waals surface area contributed by atoms with E-state index in [2.05, 4.69) is 16.4 Å². The zero-order chi connectivity index (χ0) is 14.7. The van der Waals surface area contributed by atoms with Crippen LogP contribution >= 0.6 is 0 Å². The van der Waals surface area contributed by atoms with Crippen LogP contribution in [0.3, 0.4) is 0 Å². The Morgan fingerprint density at radius 1 is 1.50 bits per heavy atom. The number of carboxylic acid groups (broad SMARTS) is 1. The Morgan fingerprint density at radius 3 is 2.85 bits per heavy atom. The van der Waals surface area contributed by atoms with Gasteiger partial charge in [-0.3, -0.25) is 4.98 Å². The van der Waals surface area contributed by atoms with Crippen molar-refractivity contribution in [2.24, 2.45) is 0 Å². The maximum atomic E-state index is 10.7. The second kappa shape index (κ2) is 5.45. The van der Waals surface area contributed by atoms with Gasteiger partial charge in [-0.15, -0.1) is 0 Å². The summed E-state index contributed by atoms with van der Waals surface area (Å²) in [5.41, 5.74) is 2.58. The summed E-state index contributed by atoms with van der Waals surface area (Å²) in [4.78, 5) is 14.9. The summed E-state index contributed by atoms with van der Waals surface area (Å²) < 4.78 is 5.14. The highest BCUT2D eigenvalue weighted by atomic mass is 16.4. The van der Waals surface area contributed by atoms with Gasteiger partial charge in [0.1, 0.15) is 11.8 Å². The van der Waals surface area contributed by atoms with E-state index in [4.69, 9.17) is 14.8 Å². The van der Waals surface area contributed by atoms with Crippen molar-refractivity contribution in [3.8, 4) is 6.07 Å². The van der Waals surface area contributed by atoms with E-state index in [1.807, 2.05) is 6.92 Å². The normalized spacial score (nSPS) is 10.1. The first-order chi connectivity index (χ1) is 9.51. The predicted molar refractivity (Wildman–Crippen MR) is 71.4 cm³/mol. The highest BCUT2D eigenvalue weighted by Crippen LogP contribution is 2.20. The number of anilines is 1. The van der Waals surface area contributed by atoms with E-state index in [1.165, 1.54) is 6.07 Å². The van der Waals surface area contributed by atoms with Gasteiger partial charge in [0.2, 0.25) is 5.76 Å². The molecule has 0 atom stereocenters. The van der Waals surface area contributed by atoms with Gasteiger partial charge in [0.05, 0.1) is 23.5 Å². The highest BCUT2D eigenvalue weighted by Gasteiger charge is 2.11. The smallest absolute Gasteiger partial charge is 0.371 e. The number of rotatable bonds is 4. The number of carbonyl (C=O) groups is 1. The minimum absolute atomic E-state index is 0.107. The molecule has 0 saturated carbocycles. The number of hydrogen-bond donors (Lipinski definition) is 2. The Bertz CT molecular complexity index is 698. The lowest BCUT2D eigenvalue weighted by atomic mass is 10.1. The number of carboxylic acids is 1. The third-order valence-electron chi connectivity index (χ3n) is 2.77. The molecule has 0 aliphatic carbocycles. The Morgan fingerprint density at radius 2 is 2.25 bits per heavy atom. The van der Waals surface area contributed by atoms with Gasteiger partial charge in [0, 0.05) is 5.69 Å². The molecule has 0 radical (unpaired) electrons. The van der Waals surface area contributed by atoms with E-state index < -0.39 is 5.97 Å². The van der Waals surface area contributed by atoms with Crippen LogP contribution in [0, 0.1) is 25.2 Å². The molecule has 0 aliphatic rings. The fraction of sp³-hybridized carbons (Fsp3) is 0.214. The van der Waals surface area contributed by atoms with Crippen molar-refractivity contribution in [2.45, 2.75) is 20.4 Å². The van der Waals surface area contributed by atoms with Gasteiger partial charge in [0.15, 0.2) is 0 Å². The summed E-state index contributed by atoms with van der Waals surface area (Å²) in [6.45, 7) is 3.91. The number of aromatic carboxylic acids is 1. The molecule has 20 heavy (non-hydrogen) atoms. The average Bonchev–Trinajstić information content (AvgIpc) is 2.84. The maximum Gasteiger partial charge on any atom is 0.371 e. The zero-order valence-electron chi connectivity index (χ0n) is 11.1. The maximum absolute atomic E-state index is 10.7.